The van der Waals surface area contributed by atoms with Gasteiger partial charge in [0.2, 0.25) is 11.7 Å². The summed E-state index contributed by atoms with van der Waals surface area (Å²) in [6.45, 7) is 3.74. The van der Waals surface area contributed by atoms with Crippen molar-refractivity contribution in [3.63, 3.8) is 0 Å². The Hall–Kier alpha value is -4.13. The van der Waals surface area contributed by atoms with E-state index in [0.29, 0.717) is 34.3 Å². The Morgan fingerprint density at radius 3 is 2.42 bits per heavy atom. The first kappa shape index (κ1) is 18.9. The highest BCUT2D eigenvalue weighted by molar-refractivity contribution is 5.91. The molecular formula is C24H18FN5O. The second-order valence-electron chi connectivity index (χ2n) is 7.28. The number of hydrogen-bond donors (Lipinski definition) is 1. The number of halogens is 1. The van der Waals surface area contributed by atoms with E-state index in [0.717, 1.165) is 16.5 Å². The molecule has 0 radical (unpaired) electrons. The molecular weight excluding hydrogens is 393 g/mol. The largest absolute Gasteiger partial charge is 0.413 e. The van der Waals surface area contributed by atoms with Crippen molar-refractivity contribution in [3.8, 4) is 23.2 Å². The summed E-state index contributed by atoms with van der Waals surface area (Å²) in [6, 6.07) is 20.3. The van der Waals surface area contributed by atoms with Gasteiger partial charge in [0, 0.05) is 16.6 Å². The molecule has 0 fully saturated rings. The molecule has 5 rings (SSSR count). The smallest absolute Gasteiger partial charge is 0.286 e. The Balaban J connectivity index is 1.57. The third-order valence-electron chi connectivity index (χ3n) is 4.95. The van der Waals surface area contributed by atoms with Crippen molar-refractivity contribution in [3.05, 3.63) is 83.7 Å². The van der Waals surface area contributed by atoms with Gasteiger partial charge in [-0.15, -0.1) is 10.2 Å². The first-order valence-corrected chi connectivity index (χ1v) is 9.78. The van der Waals surface area contributed by atoms with Crippen LogP contribution in [0.5, 0.6) is 0 Å². The van der Waals surface area contributed by atoms with Crippen molar-refractivity contribution in [2.24, 2.45) is 0 Å². The highest BCUT2D eigenvalue weighted by Gasteiger charge is 2.16. The van der Waals surface area contributed by atoms with E-state index in [9.17, 15) is 4.39 Å². The summed E-state index contributed by atoms with van der Waals surface area (Å²) >= 11 is 0. The van der Waals surface area contributed by atoms with E-state index < -0.39 is 0 Å². The Morgan fingerprint density at radius 1 is 0.839 bits per heavy atom. The number of benzene rings is 3. The third kappa shape index (κ3) is 3.73. The predicted octanol–water partition coefficient (Wildman–Crippen LogP) is 5.85. The van der Waals surface area contributed by atoms with Gasteiger partial charge in [0.05, 0.1) is 5.52 Å². The Bertz CT molecular complexity index is 1400. The van der Waals surface area contributed by atoms with Gasteiger partial charge in [-0.2, -0.15) is 0 Å². The van der Waals surface area contributed by atoms with Gasteiger partial charge in [-0.05, 0) is 55.8 Å². The van der Waals surface area contributed by atoms with Crippen LogP contribution in [0.1, 0.15) is 11.1 Å². The number of nitrogens with one attached hydrogen (secondary N) is 1. The van der Waals surface area contributed by atoms with Crippen LogP contribution in [0.15, 0.2) is 71.1 Å². The van der Waals surface area contributed by atoms with Gasteiger partial charge >= 0.3 is 0 Å². The second kappa shape index (κ2) is 7.60. The maximum absolute atomic E-state index is 14.0. The molecule has 3 aromatic carbocycles. The number of para-hydroxylation sites is 1. The van der Waals surface area contributed by atoms with Crippen molar-refractivity contribution in [2.45, 2.75) is 13.8 Å². The standard InChI is InChI=1S/C24H18FN5O/c1-14-7-10-16(11-8-14)23-29-30-24(31-23)22-27-20-6-4-3-5-18(20)21(28-22)26-17-12-9-15(2)19(25)13-17/h3-13H,1-2H3,(H,26,27,28). The van der Waals surface area contributed by atoms with Crippen LogP contribution in [0, 0.1) is 19.7 Å². The zero-order valence-corrected chi connectivity index (χ0v) is 16.9. The van der Waals surface area contributed by atoms with Crippen molar-refractivity contribution < 1.29 is 8.81 Å². The minimum atomic E-state index is -0.289. The molecule has 0 bridgehead atoms. The number of nitrogens with zero attached hydrogens (tertiary/aromatic N) is 4. The molecule has 0 unspecified atom stereocenters. The molecule has 1 N–H and O–H groups in total. The fourth-order valence-electron chi connectivity index (χ4n) is 3.20. The number of aryl methyl sites for hydroxylation is 2. The monoisotopic (exact) mass is 411 g/mol. The van der Waals surface area contributed by atoms with E-state index >= 15 is 0 Å². The summed E-state index contributed by atoms with van der Waals surface area (Å²) in [4.78, 5) is 9.18. The molecule has 0 aliphatic heterocycles. The maximum atomic E-state index is 14.0. The van der Waals surface area contributed by atoms with Crippen LogP contribution >= 0.6 is 0 Å². The van der Waals surface area contributed by atoms with Crippen LogP contribution in [-0.2, 0) is 0 Å². The van der Waals surface area contributed by atoms with Gasteiger partial charge in [-0.1, -0.05) is 35.9 Å². The molecule has 0 saturated heterocycles. The van der Waals surface area contributed by atoms with Gasteiger partial charge in [-0.3, -0.25) is 0 Å². The van der Waals surface area contributed by atoms with Crippen molar-refractivity contribution in [1.29, 1.82) is 0 Å². The lowest BCUT2D eigenvalue weighted by Gasteiger charge is -2.10. The third-order valence-corrected chi connectivity index (χ3v) is 4.95. The van der Waals surface area contributed by atoms with Gasteiger partial charge in [0.25, 0.3) is 5.89 Å². The quantitative estimate of drug-likeness (QED) is 0.400. The molecule has 5 aromatic rings. The highest BCUT2D eigenvalue weighted by Crippen LogP contribution is 2.29. The van der Waals surface area contributed by atoms with Crippen molar-refractivity contribution in [1.82, 2.24) is 20.2 Å². The zero-order chi connectivity index (χ0) is 21.4. The van der Waals surface area contributed by atoms with Crippen LogP contribution in [0.25, 0.3) is 34.1 Å². The lowest BCUT2D eigenvalue weighted by atomic mass is 10.1. The first-order valence-electron chi connectivity index (χ1n) is 9.78. The maximum Gasteiger partial charge on any atom is 0.286 e. The summed E-state index contributed by atoms with van der Waals surface area (Å²) in [6.07, 6.45) is 0. The summed E-state index contributed by atoms with van der Waals surface area (Å²) in [5.74, 6) is 1.13. The number of rotatable bonds is 4. The van der Waals surface area contributed by atoms with E-state index in [1.165, 1.54) is 6.07 Å². The first-order chi connectivity index (χ1) is 15.1. The summed E-state index contributed by atoms with van der Waals surface area (Å²) in [5.41, 5.74) is 3.83. The molecule has 2 heterocycles. The molecule has 0 aliphatic carbocycles. The molecule has 0 spiro atoms. The Kier molecular flexibility index (Phi) is 4.63. The Morgan fingerprint density at radius 2 is 1.61 bits per heavy atom. The predicted molar refractivity (Wildman–Crippen MR) is 117 cm³/mol. The van der Waals surface area contributed by atoms with E-state index in [1.807, 2.05) is 55.5 Å². The van der Waals surface area contributed by atoms with Crippen LogP contribution in [-0.4, -0.2) is 20.2 Å². The number of hydrogen-bond acceptors (Lipinski definition) is 6. The molecule has 2 aromatic heterocycles. The minimum Gasteiger partial charge on any atom is -0.413 e. The second-order valence-corrected chi connectivity index (χ2v) is 7.28. The molecule has 0 saturated carbocycles. The summed E-state index contributed by atoms with van der Waals surface area (Å²) in [7, 11) is 0. The van der Waals surface area contributed by atoms with Gasteiger partial charge in [0.1, 0.15) is 11.6 Å². The normalized spacial score (nSPS) is 11.1. The molecule has 6 nitrogen and oxygen atoms in total. The summed E-state index contributed by atoms with van der Waals surface area (Å²) in [5, 5.41) is 12.3. The number of aromatic nitrogens is 4. The lowest BCUT2D eigenvalue weighted by Crippen LogP contribution is -2.00. The number of anilines is 2. The fraction of sp³-hybridized carbons (Fsp3) is 0.0833. The van der Waals surface area contributed by atoms with Crippen LogP contribution < -0.4 is 5.32 Å². The Labute approximate surface area is 177 Å². The molecule has 0 aliphatic rings. The lowest BCUT2D eigenvalue weighted by molar-refractivity contribution is 0.579. The zero-order valence-electron chi connectivity index (χ0n) is 16.9. The SMILES string of the molecule is Cc1ccc(-c2nnc(-c3nc(Nc4ccc(C)c(F)c4)c4ccccc4n3)o2)cc1. The van der Waals surface area contributed by atoms with Gasteiger partial charge in [-0.25, -0.2) is 14.4 Å². The summed E-state index contributed by atoms with van der Waals surface area (Å²) < 4.78 is 19.9. The minimum absolute atomic E-state index is 0.208. The van der Waals surface area contributed by atoms with Crippen LogP contribution in [0.4, 0.5) is 15.9 Å². The van der Waals surface area contributed by atoms with Gasteiger partial charge in [0.15, 0.2) is 0 Å². The van der Waals surface area contributed by atoms with Crippen LogP contribution in [0.2, 0.25) is 0 Å². The molecule has 152 valence electrons. The molecule has 7 heteroatoms. The van der Waals surface area contributed by atoms with Crippen molar-refractivity contribution >= 4 is 22.4 Å². The topological polar surface area (TPSA) is 76.7 Å². The van der Waals surface area contributed by atoms with E-state index in [2.05, 4.69) is 25.5 Å². The highest BCUT2D eigenvalue weighted by atomic mass is 19.1. The number of fused-ring (bicyclic) bond motifs is 1. The van der Waals surface area contributed by atoms with E-state index in [1.54, 1.807) is 19.1 Å². The van der Waals surface area contributed by atoms with Crippen molar-refractivity contribution in [2.75, 3.05) is 5.32 Å². The van der Waals surface area contributed by atoms with E-state index in [4.69, 9.17) is 4.42 Å². The van der Waals surface area contributed by atoms with Crippen LogP contribution in [0.3, 0.4) is 0 Å². The molecule has 0 amide bonds. The molecule has 0 atom stereocenters. The van der Waals surface area contributed by atoms with E-state index in [-0.39, 0.29) is 11.7 Å². The van der Waals surface area contributed by atoms with Gasteiger partial charge < -0.3 is 9.73 Å². The average Bonchev–Trinajstić information content (AvgIpc) is 3.27. The average molecular weight is 411 g/mol. The molecule has 31 heavy (non-hydrogen) atoms. The fourth-order valence-corrected chi connectivity index (χ4v) is 3.20.